The molecule has 0 atom stereocenters. The number of benzene rings is 4. The number of halogens is 1. The molecule has 0 saturated carbocycles. The number of imidazole rings is 2. The lowest BCUT2D eigenvalue weighted by atomic mass is 10.1. The third kappa shape index (κ3) is 2.02. The zero-order chi connectivity index (χ0) is 19.8. The summed E-state index contributed by atoms with van der Waals surface area (Å²) < 4.78 is 11.8. The maximum absolute atomic E-state index is 6.34. The van der Waals surface area contributed by atoms with Crippen LogP contribution in [0.15, 0.2) is 93.8 Å². The highest BCUT2D eigenvalue weighted by Crippen LogP contribution is 2.36. The molecule has 4 nitrogen and oxygen atoms in total. The van der Waals surface area contributed by atoms with Crippen molar-refractivity contribution in [3.05, 3.63) is 89.4 Å². The first-order chi connectivity index (χ1) is 14.8. The number of furan rings is 1. The van der Waals surface area contributed by atoms with Crippen LogP contribution in [-0.2, 0) is 0 Å². The smallest absolute Gasteiger partial charge is 0.220 e. The van der Waals surface area contributed by atoms with Crippen LogP contribution < -0.4 is 0 Å². The van der Waals surface area contributed by atoms with Crippen LogP contribution in [0.4, 0.5) is 0 Å². The second-order valence-corrected chi connectivity index (χ2v) is 8.37. The van der Waals surface area contributed by atoms with Crippen LogP contribution in [0.25, 0.3) is 55.5 Å². The summed E-state index contributed by atoms with van der Waals surface area (Å²) in [6.07, 6.45) is 0. The van der Waals surface area contributed by atoms with E-state index in [9.17, 15) is 0 Å². The Morgan fingerprint density at radius 1 is 0.733 bits per heavy atom. The summed E-state index contributed by atoms with van der Waals surface area (Å²) >= 11 is 3.65. The molecule has 3 aromatic heterocycles. The quantitative estimate of drug-likeness (QED) is 0.267. The van der Waals surface area contributed by atoms with Crippen molar-refractivity contribution in [3.8, 4) is 5.69 Å². The number of fused-ring (bicyclic) bond motifs is 8. The minimum absolute atomic E-state index is 0.866. The zero-order valence-electron chi connectivity index (χ0n) is 15.7. The second-order valence-electron chi connectivity index (χ2n) is 7.46. The lowest BCUT2D eigenvalue weighted by Gasteiger charge is -2.06. The van der Waals surface area contributed by atoms with E-state index in [-0.39, 0.29) is 0 Å². The molecule has 0 fully saturated rings. The maximum atomic E-state index is 6.34. The Hall–Kier alpha value is -3.57. The van der Waals surface area contributed by atoms with Crippen LogP contribution in [0.5, 0.6) is 0 Å². The van der Waals surface area contributed by atoms with Crippen molar-refractivity contribution in [1.29, 1.82) is 0 Å². The lowest BCUT2D eigenvalue weighted by molar-refractivity contribution is 0.666. The van der Waals surface area contributed by atoms with Crippen LogP contribution in [0.3, 0.4) is 0 Å². The summed E-state index contributed by atoms with van der Waals surface area (Å²) in [6.45, 7) is 0. The van der Waals surface area contributed by atoms with Gasteiger partial charge in [-0.15, -0.1) is 0 Å². The van der Waals surface area contributed by atoms with Gasteiger partial charge in [-0.2, -0.15) is 0 Å². The fourth-order valence-corrected chi connectivity index (χ4v) is 4.87. The van der Waals surface area contributed by atoms with E-state index in [0.717, 1.165) is 59.9 Å². The molecule has 0 bridgehead atoms. The summed E-state index contributed by atoms with van der Waals surface area (Å²) in [7, 11) is 0. The number of hydrogen-bond donors (Lipinski definition) is 0. The Labute approximate surface area is 179 Å². The largest absolute Gasteiger partial charge is 0.454 e. The average molecular weight is 452 g/mol. The highest BCUT2D eigenvalue weighted by molar-refractivity contribution is 9.10. The van der Waals surface area contributed by atoms with Gasteiger partial charge < -0.3 is 4.42 Å². The van der Waals surface area contributed by atoms with Crippen LogP contribution in [-0.4, -0.2) is 14.0 Å². The highest BCUT2D eigenvalue weighted by Gasteiger charge is 2.20. The molecule has 4 aromatic carbocycles. The maximum Gasteiger partial charge on any atom is 0.220 e. The molecular formula is C25H14BrN3O. The van der Waals surface area contributed by atoms with Crippen LogP contribution in [0.1, 0.15) is 0 Å². The molecule has 0 aliphatic heterocycles. The lowest BCUT2D eigenvalue weighted by Crippen LogP contribution is -1.95. The standard InChI is InChI=1S/C25H14BrN3O/c26-15-12-13-20-22(14-15)29(25-27-18-8-2-3-9-19(18)28(20)25)21-10-5-7-17-16-6-1-4-11-23(16)30-24(17)21/h1-14H. The molecule has 5 heteroatoms. The van der Waals surface area contributed by atoms with E-state index in [1.54, 1.807) is 0 Å². The summed E-state index contributed by atoms with van der Waals surface area (Å²) in [4.78, 5) is 4.99. The van der Waals surface area contributed by atoms with Gasteiger partial charge >= 0.3 is 0 Å². The van der Waals surface area contributed by atoms with E-state index in [1.807, 2.05) is 24.3 Å². The molecule has 0 spiro atoms. The van der Waals surface area contributed by atoms with Crippen LogP contribution in [0.2, 0.25) is 0 Å². The molecule has 0 amide bonds. The van der Waals surface area contributed by atoms with E-state index in [2.05, 4.69) is 85.6 Å². The van der Waals surface area contributed by atoms with E-state index in [1.165, 1.54) is 0 Å². The summed E-state index contributed by atoms with van der Waals surface area (Å²) in [5.74, 6) is 0.872. The Bertz CT molecular complexity index is 1770. The Morgan fingerprint density at radius 2 is 1.57 bits per heavy atom. The predicted molar refractivity (Wildman–Crippen MR) is 125 cm³/mol. The van der Waals surface area contributed by atoms with E-state index in [4.69, 9.17) is 9.40 Å². The second kappa shape index (κ2) is 5.74. The van der Waals surface area contributed by atoms with Gasteiger partial charge in [0.05, 0.1) is 27.8 Å². The molecule has 7 rings (SSSR count). The molecule has 0 radical (unpaired) electrons. The minimum Gasteiger partial charge on any atom is -0.454 e. The van der Waals surface area contributed by atoms with Gasteiger partial charge in [0, 0.05) is 15.2 Å². The molecule has 7 aromatic rings. The summed E-state index contributed by atoms with van der Waals surface area (Å²) in [6, 6.07) is 29.1. The van der Waals surface area contributed by atoms with Gasteiger partial charge in [-0.05, 0) is 42.5 Å². The fraction of sp³-hybridized carbons (Fsp3) is 0. The van der Waals surface area contributed by atoms with E-state index in [0.29, 0.717) is 0 Å². The van der Waals surface area contributed by atoms with Gasteiger partial charge in [0.1, 0.15) is 5.58 Å². The molecule has 0 saturated heterocycles. The molecule has 0 N–H and O–H groups in total. The van der Waals surface area contributed by atoms with Crippen molar-refractivity contribution in [2.24, 2.45) is 0 Å². The van der Waals surface area contributed by atoms with E-state index >= 15 is 0 Å². The van der Waals surface area contributed by atoms with Crippen molar-refractivity contribution >= 4 is 65.7 Å². The SMILES string of the molecule is Brc1ccc2c(c1)n(-c1cccc3c1oc1ccccc13)c1nc3ccccc3n21. The molecule has 0 unspecified atom stereocenters. The minimum atomic E-state index is 0.866. The monoisotopic (exact) mass is 451 g/mol. The number of hydrogen-bond acceptors (Lipinski definition) is 2. The Kier molecular flexibility index (Phi) is 3.11. The topological polar surface area (TPSA) is 35.4 Å². The Morgan fingerprint density at radius 3 is 2.53 bits per heavy atom. The molecule has 3 heterocycles. The number of aromatic nitrogens is 3. The van der Waals surface area contributed by atoms with Crippen molar-refractivity contribution in [1.82, 2.24) is 14.0 Å². The van der Waals surface area contributed by atoms with Gasteiger partial charge in [0.2, 0.25) is 5.78 Å². The highest BCUT2D eigenvalue weighted by atomic mass is 79.9. The molecule has 0 aliphatic carbocycles. The van der Waals surface area contributed by atoms with Gasteiger partial charge in [-0.3, -0.25) is 8.97 Å². The summed E-state index contributed by atoms with van der Waals surface area (Å²) in [5.41, 5.74) is 6.99. The first kappa shape index (κ1) is 16.3. The van der Waals surface area contributed by atoms with Gasteiger partial charge in [-0.1, -0.05) is 58.4 Å². The molecule has 142 valence electrons. The van der Waals surface area contributed by atoms with Crippen molar-refractivity contribution in [3.63, 3.8) is 0 Å². The summed E-state index contributed by atoms with van der Waals surface area (Å²) in [5, 5.41) is 2.23. The van der Waals surface area contributed by atoms with Crippen molar-refractivity contribution in [2.75, 3.05) is 0 Å². The third-order valence-electron chi connectivity index (χ3n) is 5.79. The number of rotatable bonds is 1. The third-order valence-corrected chi connectivity index (χ3v) is 6.28. The van der Waals surface area contributed by atoms with Crippen molar-refractivity contribution < 1.29 is 4.42 Å². The molecular weight excluding hydrogens is 438 g/mol. The normalized spacial score (nSPS) is 12.2. The van der Waals surface area contributed by atoms with Crippen LogP contribution >= 0.6 is 15.9 Å². The Balaban J connectivity index is 1.72. The first-order valence-corrected chi connectivity index (χ1v) is 10.6. The van der Waals surface area contributed by atoms with Crippen molar-refractivity contribution in [2.45, 2.75) is 0 Å². The van der Waals surface area contributed by atoms with Gasteiger partial charge in [-0.25, -0.2) is 4.98 Å². The zero-order valence-corrected chi connectivity index (χ0v) is 17.3. The van der Waals surface area contributed by atoms with Gasteiger partial charge in [0.15, 0.2) is 5.58 Å². The fourth-order valence-electron chi connectivity index (χ4n) is 4.52. The van der Waals surface area contributed by atoms with E-state index < -0.39 is 0 Å². The molecule has 30 heavy (non-hydrogen) atoms. The number of para-hydroxylation sites is 4. The van der Waals surface area contributed by atoms with Crippen LogP contribution in [0, 0.1) is 0 Å². The van der Waals surface area contributed by atoms with Gasteiger partial charge in [0.25, 0.3) is 0 Å². The molecule has 0 aliphatic rings. The average Bonchev–Trinajstić information content (AvgIpc) is 3.42. The number of nitrogens with zero attached hydrogens (tertiary/aromatic N) is 3. The first-order valence-electron chi connectivity index (χ1n) is 9.77. The predicted octanol–water partition coefficient (Wildman–Crippen LogP) is 7.09.